The minimum atomic E-state index is -2.77. The second-order valence-electron chi connectivity index (χ2n) is 4.29. The van der Waals surface area contributed by atoms with E-state index in [1.165, 1.54) is 12.1 Å². The molecule has 3 rings (SSSR count). The van der Waals surface area contributed by atoms with E-state index < -0.39 is 12.2 Å². The van der Waals surface area contributed by atoms with Crippen LogP contribution >= 0.6 is 0 Å². The van der Waals surface area contributed by atoms with Crippen molar-refractivity contribution in [3.63, 3.8) is 0 Å². The fraction of sp³-hybridized carbons (Fsp3) is 0.154. The average molecular weight is 293 g/mol. The summed E-state index contributed by atoms with van der Waals surface area (Å²) in [6, 6.07) is 9.36. The Morgan fingerprint density at radius 3 is 2.67 bits per heavy atom. The highest BCUT2D eigenvalue weighted by atomic mass is 19.3. The first-order chi connectivity index (χ1) is 10.1. The Balaban J connectivity index is 1.84. The number of rotatable bonds is 4. The first kappa shape index (κ1) is 13.3. The molecule has 0 amide bonds. The molecule has 0 saturated heterocycles. The summed E-state index contributed by atoms with van der Waals surface area (Å²) < 4.78 is 39.9. The summed E-state index contributed by atoms with van der Waals surface area (Å²) in [7, 11) is 0. The number of aromatic nitrogens is 4. The Labute approximate surface area is 117 Å². The molecular weight excluding hydrogens is 283 g/mol. The van der Waals surface area contributed by atoms with Gasteiger partial charge in [-0.15, -0.1) is 15.3 Å². The van der Waals surface area contributed by atoms with Crippen LogP contribution in [0.2, 0.25) is 0 Å². The van der Waals surface area contributed by atoms with Gasteiger partial charge in [0.05, 0.1) is 0 Å². The molecule has 3 aromatic rings. The van der Waals surface area contributed by atoms with Gasteiger partial charge in [-0.05, 0) is 18.2 Å². The van der Waals surface area contributed by atoms with Crippen LogP contribution < -0.4 is 5.32 Å². The van der Waals surface area contributed by atoms with Gasteiger partial charge in [-0.25, -0.2) is 13.2 Å². The SMILES string of the molecule is Fc1ccccc1CNc1ccc2nnc(C(F)F)n2n1. The summed E-state index contributed by atoms with van der Waals surface area (Å²) >= 11 is 0. The molecule has 8 heteroatoms. The van der Waals surface area contributed by atoms with Gasteiger partial charge in [0, 0.05) is 12.1 Å². The molecule has 108 valence electrons. The number of halogens is 3. The van der Waals surface area contributed by atoms with Crippen molar-refractivity contribution in [3.05, 3.63) is 53.6 Å². The zero-order chi connectivity index (χ0) is 14.8. The minimum Gasteiger partial charge on any atom is -0.364 e. The number of hydrogen-bond acceptors (Lipinski definition) is 4. The maximum absolute atomic E-state index is 13.5. The first-order valence-electron chi connectivity index (χ1n) is 6.13. The molecule has 0 saturated carbocycles. The molecule has 0 bridgehead atoms. The summed E-state index contributed by atoms with van der Waals surface area (Å²) in [5.41, 5.74) is 0.680. The summed E-state index contributed by atoms with van der Waals surface area (Å²) in [6.07, 6.45) is -2.77. The van der Waals surface area contributed by atoms with Crippen LogP contribution in [0.25, 0.3) is 5.65 Å². The molecule has 2 aromatic heterocycles. The van der Waals surface area contributed by atoms with E-state index in [-0.39, 0.29) is 18.0 Å². The van der Waals surface area contributed by atoms with Gasteiger partial charge in [-0.1, -0.05) is 18.2 Å². The Morgan fingerprint density at radius 2 is 1.90 bits per heavy atom. The van der Waals surface area contributed by atoms with Crippen molar-refractivity contribution in [2.45, 2.75) is 13.0 Å². The topological polar surface area (TPSA) is 55.1 Å². The summed E-state index contributed by atoms with van der Waals surface area (Å²) in [4.78, 5) is 0. The van der Waals surface area contributed by atoms with Crippen LogP contribution in [0, 0.1) is 5.82 Å². The molecule has 0 atom stereocenters. The Kier molecular flexibility index (Phi) is 3.43. The Bertz CT molecular complexity index is 771. The molecule has 0 aliphatic carbocycles. The number of hydrogen-bond donors (Lipinski definition) is 1. The lowest BCUT2D eigenvalue weighted by Crippen LogP contribution is -2.07. The lowest BCUT2D eigenvalue weighted by atomic mass is 10.2. The van der Waals surface area contributed by atoms with Crippen LogP contribution in [0.1, 0.15) is 17.8 Å². The van der Waals surface area contributed by atoms with Crippen LogP contribution in [0.5, 0.6) is 0 Å². The Hall–Kier alpha value is -2.64. The van der Waals surface area contributed by atoms with Crippen molar-refractivity contribution in [1.29, 1.82) is 0 Å². The lowest BCUT2D eigenvalue weighted by Gasteiger charge is -2.07. The zero-order valence-corrected chi connectivity index (χ0v) is 10.7. The molecule has 0 radical (unpaired) electrons. The zero-order valence-electron chi connectivity index (χ0n) is 10.7. The van der Waals surface area contributed by atoms with Crippen molar-refractivity contribution in [3.8, 4) is 0 Å². The minimum absolute atomic E-state index is 0.192. The van der Waals surface area contributed by atoms with Crippen molar-refractivity contribution < 1.29 is 13.2 Å². The number of anilines is 1. The van der Waals surface area contributed by atoms with Gasteiger partial charge in [0.15, 0.2) is 5.65 Å². The molecule has 0 unspecified atom stereocenters. The highest BCUT2D eigenvalue weighted by molar-refractivity contribution is 5.44. The van der Waals surface area contributed by atoms with Crippen LogP contribution in [0.4, 0.5) is 19.0 Å². The third kappa shape index (κ3) is 2.64. The van der Waals surface area contributed by atoms with E-state index in [2.05, 4.69) is 20.6 Å². The van der Waals surface area contributed by atoms with E-state index in [1.807, 2.05) is 0 Å². The van der Waals surface area contributed by atoms with Gasteiger partial charge in [-0.2, -0.15) is 4.52 Å². The number of nitrogens with zero attached hydrogens (tertiary/aromatic N) is 4. The van der Waals surface area contributed by atoms with Crippen molar-refractivity contribution in [2.75, 3.05) is 5.32 Å². The van der Waals surface area contributed by atoms with E-state index in [0.29, 0.717) is 11.4 Å². The van der Waals surface area contributed by atoms with Gasteiger partial charge in [0.25, 0.3) is 6.43 Å². The molecule has 1 N–H and O–H groups in total. The predicted octanol–water partition coefficient (Wildman–Crippen LogP) is 2.81. The van der Waals surface area contributed by atoms with Gasteiger partial charge in [0.1, 0.15) is 11.6 Å². The second kappa shape index (κ2) is 5.39. The predicted molar refractivity (Wildman–Crippen MR) is 69.5 cm³/mol. The van der Waals surface area contributed by atoms with Gasteiger partial charge >= 0.3 is 0 Å². The second-order valence-corrected chi connectivity index (χ2v) is 4.29. The van der Waals surface area contributed by atoms with E-state index in [4.69, 9.17) is 0 Å². The molecule has 21 heavy (non-hydrogen) atoms. The summed E-state index contributed by atoms with van der Waals surface area (Å²) in [5, 5.41) is 13.8. The van der Waals surface area contributed by atoms with Crippen molar-refractivity contribution >= 4 is 11.5 Å². The number of alkyl halides is 2. The molecule has 5 nitrogen and oxygen atoms in total. The van der Waals surface area contributed by atoms with Crippen LogP contribution in [0.15, 0.2) is 36.4 Å². The average Bonchev–Trinajstić information content (AvgIpc) is 2.89. The lowest BCUT2D eigenvalue weighted by molar-refractivity contribution is 0.137. The summed E-state index contributed by atoms with van der Waals surface area (Å²) in [5.74, 6) is -0.546. The summed E-state index contributed by atoms with van der Waals surface area (Å²) in [6.45, 7) is 0.192. The van der Waals surface area contributed by atoms with Gasteiger partial charge < -0.3 is 5.32 Å². The van der Waals surface area contributed by atoms with Crippen molar-refractivity contribution in [2.24, 2.45) is 0 Å². The van der Waals surface area contributed by atoms with Gasteiger partial charge in [0.2, 0.25) is 5.82 Å². The first-order valence-corrected chi connectivity index (χ1v) is 6.13. The molecule has 2 heterocycles. The molecule has 1 aromatic carbocycles. The highest BCUT2D eigenvalue weighted by Gasteiger charge is 2.16. The fourth-order valence-corrected chi connectivity index (χ4v) is 1.86. The van der Waals surface area contributed by atoms with Crippen molar-refractivity contribution in [1.82, 2.24) is 19.8 Å². The van der Waals surface area contributed by atoms with E-state index in [9.17, 15) is 13.2 Å². The molecule has 0 spiro atoms. The third-order valence-electron chi connectivity index (χ3n) is 2.90. The van der Waals surface area contributed by atoms with Crippen LogP contribution in [-0.2, 0) is 6.54 Å². The number of benzene rings is 1. The number of nitrogens with one attached hydrogen (secondary N) is 1. The standard InChI is InChI=1S/C13H10F3N5/c14-9-4-2-1-3-8(9)7-17-10-5-6-11-18-19-13(12(15)16)21(11)20-10/h1-6,12H,7H2,(H,17,20). The van der Waals surface area contributed by atoms with Crippen LogP contribution in [-0.4, -0.2) is 19.8 Å². The quantitative estimate of drug-likeness (QED) is 0.803. The molecular formula is C13H10F3N5. The number of fused-ring (bicyclic) bond motifs is 1. The molecule has 0 aliphatic heterocycles. The van der Waals surface area contributed by atoms with Crippen LogP contribution in [0.3, 0.4) is 0 Å². The monoisotopic (exact) mass is 293 g/mol. The highest BCUT2D eigenvalue weighted by Crippen LogP contribution is 2.17. The largest absolute Gasteiger partial charge is 0.364 e. The third-order valence-corrected chi connectivity index (χ3v) is 2.90. The van der Waals surface area contributed by atoms with E-state index >= 15 is 0 Å². The fourth-order valence-electron chi connectivity index (χ4n) is 1.86. The molecule has 0 aliphatic rings. The maximum Gasteiger partial charge on any atom is 0.299 e. The maximum atomic E-state index is 13.5. The van der Waals surface area contributed by atoms with Gasteiger partial charge in [-0.3, -0.25) is 0 Å². The van der Waals surface area contributed by atoms with E-state index in [1.54, 1.807) is 24.3 Å². The smallest absolute Gasteiger partial charge is 0.299 e. The normalized spacial score (nSPS) is 11.2. The van der Waals surface area contributed by atoms with E-state index in [0.717, 1.165) is 4.52 Å². The Morgan fingerprint density at radius 1 is 1.10 bits per heavy atom. The molecule has 0 fully saturated rings.